The van der Waals surface area contributed by atoms with E-state index in [9.17, 15) is 0 Å². The van der Waals surface area contributed by atoms with Gasteiger partial charge in [0.05, 0.1) is 24.5 Å². The van der Waals surface area contributed by atoms with E-state index in [1.807, 2.05) is 41.5 Å². The minimum atomic E-state index is -0.396. The first-order chi connectivity index (χ1) is 14.5. The summed E-state index contributed by atoms with van der Waals surface area (Å²) in [5.41, 5.74) is 4.47. The Balaban J connectivity index is 2.02. The zero-order valence-corrected chi connectivity index (χ0v) is 18.7. The molecule has 0 fully saturated rings. The second kappa shape index (κ2) is 10.3. The Hall–Kier alpha value is -2.14. The number of hydrogen-bond donors (Lipinski definition) is 0. The van der Waals surface area contributed by atoms with Gasteiger partial charge in [-0.2, -0.15) is 10.2 Å². The highest BCUT2D eigenvalue weighted by Gasteiger charge is 2.21. The molecule has 0 spiro atoms. The second-order valence-corrected chi connectivity index (χ2v) is 6.78. The van der Waals surface area contributed by atoms with Crippen LogP contribution >= 0.6 is 0 Å². The molecule has 0 aromatic carbocycles. The average molecular weight is 421 g/mol. The van der Waals surface area contributed by atoms with Gasteiger partial charge in [-0.25, -0.2) is 19.3 Å². The molecule has 3 aromatic heterocycles. The monoisotopic (exact) mass is 420 g/mol. The molecule has 0 saturated carbocycles. The van der Waals surface area contributed by atoms with Gasteiger partial charge in [0.1, 0.15) is 11.0 Å². The molecular weight excluding hydrogens is 388 g/mol. The molecule has 0 aliphatic carbocycles. The van der Waals surface area contributed by atoms with Crippen LogP contribution in [0.2, 0.25) is 0 Å². The summed E-state index contributed by atoms with van der Waals surface area (Å²) in [5, 5.41) is 9.26. The fourth-order valence-corrected chi connectivity index (χ4v) is 3.40. The van der Waals surface area contributed by atoms with Crippen molar-refractivity contribution in [3.8, 4) is 0 Å². The minimum absolute atomic E-state index is 0.396. The Morgan fingerprint density at radius 3 is 1.33 bits per heavy atom. The van der Waals surface area contributed by atoms with Crippen molar-refractivity contribution in [3.63, 3.8) is 0 Å². The molecule has 3 aromatic rings. The van der Waals surface area contributed by atoms with Gasteiger partial charge in [0.15, 0.2) is 23.9 Å². The maximum absolute atomic E-state index is 5.68. The van der Waals surface area contributed by atoms with Crippen LogP contribution in [0.15, 0.2) is 0 Å². The van der Waals surface area contributed by atoms with Crippen molar-refractivity contribution in [2.45, 2.75) is 67.2 Å². The molecular formula is C20H32N6O4. The molecule has 0 unspecified atom stereocenters. The molecule has 0 bridgehead atoms. The maximum atomic E-state index is 5.68. The number of nitrogens with zero attached hydrogens (tertiary/aromatic N) is 6. The number of aryl methyl sites for hydroxylation is 2. The molecule has 10 heteroatoms. The molecule has 0 amide bonds. The number of fused-ring (bicyclic) bond motifs is 2. The Labute approximate surface area is 176 Å². The molecule has 0 N–H and O–H groups in total. The van der Waals surface area contributed by atoms with Gasteiger partial charge < -0.3 is 18.9 Å². The third-order valence-electron chi connectivity index (χ3n) is 4.63. The first-order valence-corrected chi connectivity index (χ1v) is 10.6. The van der Waals surface area contributed by atoms with Crippen LogP contribution in [0.1, 0.15) is 39.1 Å². The van der Waals surface area contributed by atoms with E-state index in [2.05, 4.69) is 10.2 Å². The summed E-state index contributed by atoms with van der Waals surface area (Å²) < 4.78 is 26.3. The van der Waals surface area contributed by atoms with Gasteiger partial charge in [-0.3, -0.25) is 0 Å². The van der Waals surface area contributed by atoms with Crippen molar-refractivity contribution in [2.24, 2.45) is 0 Å². The number of aromatic nitrogens is 6. The number of ether oxygens (including phenoxy) is 4. The standard InChI is InChI=1S/C20H32N6O4/c1-7-27-15(28-8-2)11-25-19-17(13(5)23-25)21-18-14(6)24-26(20(18)22-19)12-16(29-9-3)30-10-4/h15-16H,7-12H2,1-6H3. The van der Waals surface area contributed by atoms with Crippen LogP contribution in [0, 0.1) is 13.8 Å². The van der Waals surface area contributed by atoms with E-state index in [0.717, 1.165) is 22.4 Å². The summed E-state index contributed by atoms with van der Waals surface area (Å²) in [5.74, 6) is 0. The molecule has 166 valence electrons. The van der Waals surface area contributed by atoms with Gasteiger partial charge in [-0.15, -0.1) is 0 Å². The quantitative estimate of drug-likeness (QED) is 0.412. The molecule has 3 heterocycles. The van der Waals surface area contributed by atoms with Crippen LogP contribution < -0.4 is 0 Å². The van der Waals surface area contributed by atoms with Gasteiger partial charge >= 0.3 is 0 Å². The van der Waals surface area contributed by atoms with Crippen LogP contribution in [-0.2, 0) is 32.0 Å². The molecule has 0 aliphatic rings. The summed E-state index contributed by atoms with van der Waals surface area (Å²) in [6.45, 7) is 14.7. The third kappa shape index (κ3) is 4.77. The molecule has 0 radical (unpaired) electrons. The third-order valence-corrected chi connectivity index (χ3v) is 4.63. The average Bonchev–Trinajstić information content (AvgIpc) is 3.18. The summed E-state index contributed by atoms with van der Waals surface area (Å²) in [6.07, 6.45) is -0.793. The normalized spacial score (nSPS) is 12.3. The Morgan fingerprint density at radius 2 is 1.00 bits per heavy atom. The van der Waals surface area contributed by atoms with E-state index >= 15 is 0 Å². The first-order valence-electron chi connectivity index (χ1n) is 10.6. The van der Waals surface area contributed by atoms with Crippen molar-refractivity contribution >= 4 is 22.3 Å². The van der Waals surface area contributed by atoms with E-state index in [-0.39, 0.29) is 0 Å². The molecule has 0 atom stereocenters. The molecule has 0 aliphatic heterocycles. The summed E-state index contributed by atoms with van der Waals surface area (Å²) in [4.78, 5) is 9.71. The highest BCUT2D eigenvalue weighted by Crippen LogP contribution is 2.22. The van der Waals surface area contributed by atoms with Crippen LogP contribution in [-0.4, -0.2) is 68.5 Å². The second-order valence-electron chi connectivity index (χ2n) is 6.78. The van der Waals surface area contributed by atoms with E-state index in [1.165, 1.54) is 0 Å². The van der Waals surface area contributed by atoms with Gasteiger partial charge in [-0.1, -0.05) is 0 Å². The predicted octanol–water partition coefficient (Wildman–Crippen LogP) is 2.59. The van der Waals surface area contributed by atoms with Gasteiger partial charge in [-0.05, 0) is 41.5 Å². The first kappa shape index (κ1) is 22.5. The fraction of sp³-hybridized carbons (Fsp3) is 0.700. The highest BCUT2D eigenvalue weighted by atomic mass is 16.7. The SMILES string of the molecule is CCOC(Cn1nc(C)c2nc3c(C)nn(CC(OCC)OCC)c3nc21)OCC. The lowest BCUT2D eigenvalue weighted by atomic mass is 10.3. The van der Waals surface area contributed by atoms with Crippen molar-refractivity contribution in [1.29, 1.82) is 0 Å². The largest absolute Gasteiger partial charge is 0.351 e. The summed E-state index contributed by atoms with van der Waals surface area (Å²) >= 11 is 0. The van der Waals surface area contributed by atoms with Crippen molar-refractivity contribution < 1.29 is 18.9 Å². The molecule has 3 rings (SSSR count). The topological polar surface area (TPSA) is 98.3 Å². The fourth-order valence-electron chi connectivity index (χ4n) is 3.40. The van der Waals surface area contributed by atoms with E-state index < -0.39 is 12.6 Å². The molecule has 10 nitrogen and oxygen atoms in total. The van der Waals surface area contributed by atoms with Crippen molar-refractivity contribution in [1.82, 2.24) is 29.5 Å². The summed E-state index contributed by atoms with van der Waals surface area (Å²) in [6, 6.07) is 0. The van der Waals surface area contributed by atoms with Crippen molar-refractivity contribution in [3.05, 3.63) is 11.4 Å². The molecule has 0 saturated heterocycles. The summed E-state index contributed by atoms with van der Waals surface area (Å²) in [7, 11) is 0. The Morgan fingerprint density at radius 1 is 0.633 bits per heavy atom. The highest BCUT2D eigenvalue weighted by molar-refractivity contribution is 5.85. The lowest BCUT2D eigenvalue weighted by Crippen LogP contribution is -2.25. The Kier molecular flexibility index (Phi) is 7.70. The van der Waals surface area contributed by atoms with E-state index in [1.54, 1.807) is 9.36 Å². The van der Waals surface area contributed by atoms with Gasteiger partial charge in [0.2, 0.25) is 0 Å². The lowest BCUT2D eigenvalue weighted by molar-refractivity contribution is -0.144. The lowest BCUT2D eigenvalue weighted by Gasteiger charge is -2.17. The minimum Gasteiger partial charge on any atom is -0.351 e. The van der Waals surface area contributed by atoms with E-state index in [4.69, 9.17) is 28.9 Å². The van der Waals surface area contributed by atoms with Crippen LogP contribution in [0.25, 0.3) is 22.3 Å². The zero-order valence-electron chi connectivity index (χ0n) is 18.7. The van der Waals surface area contributed by atoms with Gasteiger partial charge in [0, 0.05) is 26.4 Å². The predicted molar refractivity (Wildman–Crippen MR) is 112 cm³/mol. The smallest absolute Gasteiger partial charge is 0.179 e. The number of rotatable bonds is 12. The van der Waals surface area contributed by atoms with Crippen LogP contribution in [0.4, 0.5) is 0 Å². The van der Waals surface area contributed by atoms with Crippen LogP contribution in [0.3, 0.4) is 0 Å². The number of hydrogen-bond acceptors (Lipinski definition) is 8. The van der Waals surface area contributed by atoms with Crippen LogP contribution in [0.5, 0.6) is 0 Å². The van der Waals surface area contributed by atoms with Crippen molar-refractivity contribution in [2.75, 3.05) is 26.4 Å². The van der Waals surface area contributed by atoms with Gasteiger partial charge in [0.25, 0.3) is 0 Å². The maximum Gasteiger partial charge on any atom is 0.179 e. The van der Waals surface area contributed by atoms with E-state index in [0.29, 0.717) is 50.8 Å². The zero-order chi connectivity index (χ0) is 21.7. The Bertz CT molecular complexity index is 884. The molecule has 30 heavy (non-hydrogen) atoms.